The molecule has 1 aliphatic heterocycles. The summed E-state index contributed by atoms with van der Waals surface area (Å²) in [7, 11) is -4.11. The summed E-state index contributed by atoms with van der Waals surface area (Å²) in [6.45, 7) is 3.90. The van der Waals surface area contributed by atoms with Gasteiger partial charge in [-0.05, 0) is 37.3 Å². The van der Waals surface area contributed by atoms with Crippen molar-refractivity contribution in [3.63, 3.8) is 0 Å². The summed E-state index contributed by atoms with van der Waals surface area (Å²) in [6.07, 6.45) is 1.29. The molecule has 28 heavy (non-hydrogen) atoms. The van der Waals surface area contributed by atoms with Crippen LogP contribution in [-0.2, 0) is 14.6 Å². The van der Waals surface area contributed by atoms with E-state index in [-0.39, 0.29) is 9.79 Å². The molecule has 0 saturated carbocycles. The second-order valence-electron chi connectivity index (χ2n) is 6.67. The van der Waals surface area contributed by atoms with E-state index in [0.29, 0.717) is 49.0 Å². The number of halogens is 2. The molecule has 2 heterocycles. The van der Waals surface area contributed by atoms with Gasteiger partial charge in [0, 0.05) is 24.7 Å². The van der Waals surface area contributed by atoms with Crippen molar-refractivity contribution in [1.82, 2.24) is 4.98 Å². The van der Waals surface area contributed by atoms with E-state index in [1.54, 1.807) is 0 Å². The third-order valence-corrected chi connectivity index (χ3v) is 6.53. The first kappa shape index (κ1) is 18.8. The lowest BCUT2D eigenvalue weighted by Crippen LogP contribution is -2.37. The number of morpholine rings is 1. The zero-order chi connectivity index (χ0) is 19.9. The Morgan fingerprint density at radius 3 is 2.50 bits per heavy atom. The third-order valence-electron chi connectivity index (χ3n) is 4.78. The van der Waals surface area contributed by atoms with Crippen molar-refractivity contribution in [1.29, 1.82) is 0 Å². The van der Waals surface area contributed by atoms with Gasteiger partial charge in [-0.25, -0.2) is 17.2 Å². The lowest BCUT2D eigenvalue weighted by molar-refractivity contribution is 0.122. The van der Waals surface area contributed by atoms with Crippen LogP contribution in [0, 0.1) is 18.6 Å². The highest BCUT2D eigenvalue weighted by Gasteiger charge is 2.28. The molecule has 0 atom stereocenters. The lowest BCUT2D eigenvalue weighted by atomic mass is 10.1. The average Bonchev–Trinajstić information content (AvgIpc) is 2.69. The number of fused-ring (bicyclic) bond motifs is 1. The first-order chi connectivity index (χ1) is 13.4. The topological polar surface area (TPSA) is 59.5 Å². The number of ether oxygens (including phenoxy) is 1. The van der Waals surface area contributed by atoms with Gasteiger partial charge in [-0.2, -0.15) is 0 Å². The number of hydrogen-bond acceptors (Lipinski definition) is 5. The van der Waals surface area contributed by atoms with Crippen LogP contribution in [0.25, 0.3) is 10.9 Å². The highest BCUT2D eigenvalue weighted by Crippen LogP contribution is 2.36. The van der Waals surface area contributed by atoms with Gasteiger partial charge in [-0.3, -0.25) is 4.98 Å². The maximum Gasteiger partial charge on any atom is 0.210 e. The molecular weight excluding hydrogens is 386 g/mol. The minimum Gasteiger partial charge on any atom is -0.378 e. The molecule has 8 heteroatoms. The van der Waals surface area contributed by atoms with Gasteiger partial charge in [0.15, 0.2) is 11.6 Å². The van der Waals surface area contributed by atoms with Crippen molar-refractivity contribution >= 4 is 26.4 Å². The molecule has 1 fully saturated rings. The minimum absolute atomic E-state index is 0.0292. The molecule has 1 aromatic heterocycles. The number of aromatic nitrogens is 1. The molecule has 0 unspecified atom stereocenters. The molecule has 4 rings (SSSR count). The highest BCUT2D eigenvalue weighted by atomic mass is 32.2. The summed E-state index contributed by atoms with van der Waals surface area (Å²) in [5.41, 5.74) is 2.14. The normalized spacial score (nSPS) is 15.2. The summed E-state index contributed by atoms with van der Waals surface area (Å²) in [5, 5.41) is 0.700. The smallest absolute Gasteiger partial charge is 0.210 e. The molecule has 1 aliphatic rings. The van der Waals surface area contributed by atoms with Crippen LogP contribution in [0.5, 0.6) is 0 Å². The largest absolute Gasteiger partial charge is 0.378 e. The zero-order valence-electron chi connectivity index (χ0n) is 15.2. The SMILES string of the molecule is Cc1ccc2ncc(S(=O)(=O)c3ccc(F)c(F)c3)c(N3CCOCC3)c2c1. The van der Waals surface area contributed by atoms with Crippen LogP contribution in [-0.4, -0.2) is 39.7 Å². The number of nitrogens with zero attached hydrogens (tertiary/aromatic N) is 2. The van der Waals surface area contributed by atoms with Gasteiger partial charge in [-0.1, -0.05) is 11.6 Å². The number of aryl methyl sites for hydroxylation is 1. The fourth-order valence-corrected chi connectivity index (χ4v) is 4.80. The third kappa shape index (κ3) is 3.22. The molecule has 0 spiro atoms. The average molecular weight is 404 g/mol. The predicted molar refractivity (Wildman–Crippen MR) is 101 cm³/mol. The van der Waals surface area contributed by atoms with Crippen LogP contribution in [0.15, 0.2) is 52.4 Å². The van der Waals surface area contributed by atoms with Gasteiger partial charge in [0.25, 0.3) is 0 Å². The number of hydrogen-bond donors (Lipinski definition) is 0. The van der Waals surface area contributed by atoms with Crippen LogP contribution in [0.1, 0.15) is 5.56 Å². The van der Waals surface area contributed by atoms with Gasteiger partial charge in [0.05, 0.1) is 29.3 Å². The summed E-state index contributed by atoms with van der Waals surface area (Å²) in [4.78, 5) is 5.91. The Morgan fingerprint density at radius 2 is 1.79 bits per heavy atom. The molecule has 0 amide bonds. The second-order valence-corrected chi connectivity index (χ2v) is 8.59. The molecule has 3 aromatic rings. The lowest BCUT2D eigenvalue weighted by Gasteiger charge is -2.31. The van der Waals surface area contributed by atoms with E-state index in [2.05, 4.69) is 4.98 Å². The molecular formula is C20H18F2N2O3S. The minimum atomic E-state index is -4.11. The van der Waals surface area contributed by atoms with Crippen molar-refractivity contribution in [3.8, 4) is 0 Å². The van der Waals surface area contributed by atoms with Gasteiger partial charge in [0.1, 0.15) is 4.90 Å². The number of rotatable bonds is 3. The van der Waals surface area contributed by atoms with Crippen LogP contribution in [0.3, 0.4) is 0 Å². The quantitative estimate of drug-likeness (QED) is 0.626. The summed E-state index contributed by atoms with van der Waals surface area (Å²) < 4.78 is 59.0. The van der Waals surface area contributed by atoms with E-state index >= 15 is 0 Å². The molecule has 146 valence electrons. The van der Waals surface area contributed by atoms with Crippen molar-refractivity contribution in [2.24, 2.45) is 0 Å². The predicted octanol–water partition coefficient (Wildman–Crippen LogP) is 3.49. The van der Waals surface area contributed by atoms with Gasteiger partial charge < -0.3 is 9.64 Å². The molecule has 0 aliphatic carbocycles. The van der Waals surface area contributed by atoms with Crippen LogP contribution >= 0.6 is 0 Å². The Kier molecular flexibility index (Phi) is 4.76. The van der Waals surface area contributed by atoms with Crippen molar-refractivity contribution < 1.29 is 21.9 Å². The standard InChI is InChI=1S/C20H18F2N2O3S/c1-13-2-5-18-15(10-13)20(24-6-8-27-9-7-24)19(12-23-18)28(25,26)14-3-4-16(21)17(22)11-14/h2-5,10-12H,6-9H2,1H3. The summed E-state index contributed by atoms with van der Waals surface area (Å²) in [6, 6.07) is 8.21. The molecule has 0 N–H and O–H groups in total. The van der Waals surface area contributed by atoms with Crippen molar-refractivity contribution in [2.45, 2.75) is 16.7 Å². The molecule has 0 radical (unpaired) electrons. The Balaban J connectivity index is 1.98. The fraction of sp³-hybridized carbons (Fsp3) is 0.250. The summed E-state index contributed by atoms with van der Waals surface area (Å²) >= 11 is 0. The summed E-state index contributed by atoms with van der Waals surface area (Å²) in [5.74, 6) is -2.31. The van der Waals surface area contributed by atoms with E-state index in [1.165, 1.54) is 6.20 Å². The fourth-order valence-electron chi connectivity index (χ4n) is 3.35. The van der Waals surface area contributed by atoms with Crippen molar-refractivity contribution in [3.05, 3.63) is 59.8 Å². The van der Waals surface area contributed by atoms with E-state index in [4.69, 9.17) is 4.74 Å². The monoisotopic (exact) mass is 404 g/mol. The van der Waals surface area contributed by atoms with Gasteiger partial charge >= 0.3 is 0 Å². The van der Waals surface area contributed by atoms with Gasteiger partial charge in [-0.15, -0.1) is 0 Å². The number of sulfone groups is 1. The Hall–Kier alpha value is -2.58. The van der Waals surface area contributed by atoms with E-state index < -0.39 is 21.5 Å². The second kappa shape index (κ2) is 7.10. The maximum absolute atomic E-state index is 13.7. The maximum atomic E-state index is 13.7. The number of pyridine rings is 1. The van der Waals surface area contributed by atoms with Crippen LogP contribution < -0.4 is 4.90 Å². The van der Waals surface area contributed by atoms with E-state index in [0.717, 1.165) is 17.7 Å². The molecule has 1 saturated heterocycles. The van der Waals surface area contributed by atoms with Gasteiger partial charge in [0.2, 0.25) is 9.84 Å². The van der Waals surface area contributed by atoms with E-state index in [1.807, 2.05) is 30.0 Å². The highest BCUT2D eigenvalue weighted by molar-refractivity contribution is 7.91. The molecule has 2 aromatic carbocycles. The Labute approximate surface area is 161 Å². The Morgan fingerprint density at radius 1 is 1.04 bits per heavy atom. The number of anilines is 1. The van der Waals surface area contributed by atoms with Crippen LogP contribution in [0.4, 0.5) is 14.5 Å². The Bertz CT molecular complexity index is 1160. The van der Waals surface area contributed by atoms with Crippen molar-refractivity contribution in [2.75, 3.05) is 31.2 Å². The first-order valence-corrected chi connectivity index (χ1v) is 10.3. The molecule has 5 nitrogen and oxygen atoms in total. The molecule has 0 bridgehead atoms. The van der Waals surface area contributed by atoms with E-state index in [9.17, 15) is 17.2 Å². The first-order valence-electron chi connectivity index (χ1n) is 8.80. The van der Waals surface area contributed by atoms with Crippen LogP contribution in [0.2, 0.25) is 0 Å². The number of benzene rings is 2. The zero-order valence-corrected chi connectivity index (χ0v) is 16.0.